The number of methoxy groups -OCH3 is 1. The van der Waals surface area contributed by atoms with Gasteiger partial charge in [0.05, 0.1) is 11.1 Å². The van der Waals surface area contributed by atoms with Gasteiger partial charge in [0.15, 0.2) is 12.0 Å². The van der Waals surface area contributed by atoms with Crippen LogP contribution in [0.25, 0.3) is 0 Å². The van der Waals surface area contributed by atoms with Gasteiger partial charge < -0.3 is 19.8 Å². The normalized spacial score (nSPS) is 19.4. The lowest BCUT2D eigenvalue weighted by molar-refractivity contribution is -0.0281. The molecule has 2 N–H and O–H groups in total. The highest BCUT2D eigenvalue weighted by atomic mass is 35.5. The molecule has 0 saturated heterocycles. The SMILES string of the molecule is CCC1c2ccccc2C(OC)N1C(=O)c1c(O)ccc(Cl)c1O. The smallest absolute Gasteiger partial charge is 0.264 e. The number of phenolic OH excluding ortho intramolecular Hbond substituents is 2. The summed E-state index contributed by atoms with van der Waals surface area (Å²) in [6, 6.07) is 10.1. The van der Waals surface area contributed by atoms with Crippen LogP contribution in [-0.4, -0.2) is 28.1 Å². The van der Waals surface area contributed by atoms with Gasteiger partial charge in [-0.15, -0.1) is 0 Å². The molecule has 1 amide bonds. The van der Waals surface area contributed by atoms with Crippen LogP contribution in [0.5, 0.6) is 11.5 Å². The van der Waals surface area contributed by atoms with Crippen LogP contribution in [0.4, 0.5) is 0 Å². The Morgan fingerprint density at radius 1 is 1.21 bits per heavy atom. The van der Waals surface area contributed by atoms with Crippen LogP contribution in [0.1, 0.15) is 47.1 Å². The van der Waals surface area contributed by atoms with Crippen molar-refractivity contribution in [3.63, 3.8) is 0 Å². The number of ether oxygens (including phenoxy) is 1. The second kappa shape index (κ2) is 6.34. The first kappa shape index (κ1) is 16.6. The average Bonchev–Trinajstić information content (AvgIpc) is 2.91. The lowest BCUT2D eigenvalue weighted by Crippen LogP contribution is -2.33. The average molecular weight is 348 g/mol. The fraction of sp³-hybridized carbons (Fsp3) is 0.278. The van der Waals surface area contributed by atoms with Crippen molar-refractivity contribution in [2.24, 2.45) is 0 Å². The van der Waals surface area contributed by atoms with E-state index in [1.807, 2.05) is 31.2 Å². The molecular weight excluding hydrogens is 330 g/mol. The number of fused-ring (bicyclic) bond motifs is 1. The summed E-state index contributed by atoms with van der Waals surface area (Å²) in [5, 5.41) is 20.2. The maximum atomic E-state index is 13.1. The van der Waals surface area contributed by atoms with Crippen LogP contribution in [0.3, 0.4) is 0 Å². The molecule has 1 aliphatic heterocycles. The Kier molecular flexibility index (Phi) is 4.39. The Balaban J connectivity index is 2.12. The van der Waals surface area contributed by atoms with E-state index >= 15 is 0 Å². The first-order valence-corrected chi connectivity index (χ1v) is 8.03. The number of carbonyl (C=O) groups excluding carboxylic acids is 1. The van der Waals surface area contributed by atoms with Gasteiger partial charge in [-0.05, 0) is 24.1 Å². The topological polar surface area (TPSA) is 70.0 Å². The molecule has 0 spiro atoms. The van der Waals surface area contributed by atoms with Gasteiger partial charge in [-0.3, -0.25) is 4.79 Å². The van der Waals surface area contributed by atoms with Crippen molar-refractivity contribution < 1.29 is 19.7 Å². The maximum Gasteiger partial charge on any atom is 0.264 e. The maximum absolute atomic E-state index is 13.1. The van der Waals surface area contributed by atoms with Crippen LogP contribution in [0, 0.1) is 0 Å². The van der Waals surface area contributed by atoms with Crippen molar-refractivity contribution in [3.8, 4) is 11.5 Å². The van der Waals surface area contributed by atoms with Gasteiger partial charge in [-0.25, -0.2) is 0 Å². The van der Waals surface area contributed by atoms with Crippen LogP contribution in [0.15, 0.2) is 36.4 Å². The Labute approximate surface area is 145 Å². The summed E-state index contributed by atoms with van der Waals surface area (Å²) in [4.78, 5) is 14.7. The lowest BCUT2D eigenvalue weighted by Gasteiger charge is -2.30. The molecule has 2 unspecified atom stereocenters. The zero-order chi connectivity index (χ0) is 17.4. The van der Waals surface area contributed by atoms with E-state index in [1.54, 1.807) is 0 Å². The highest BCUT2D eigenvalue weighted by Gasteiger charge is 2.42. The quantitative estimate of drug-likeness (QED) is 0.880. The number of amides is 1. The van der Waals surface area contributed by atoms with Crippen molar-refractivity contribution in [1.82, 2.24) is 4.90 Å². The molecule has 2 aromatic carbocycles. The molecule has 2 atom stereocenters. The minimum atomic E-state index is -0.587. The van der Waals surface area contributed by atoms with E-state index in [1.165, 1.54) is 24.1 Å². The number of hydrogen-bond donors (Lipinski definition) is 2. The number of phenols is 2. The van der Waals surface area contributed by atoms with Crippen LogP contribution in [0.2, 0.25) is 5.02 Å². The van der Waals surface area contributed by atoms with Gasteiger partial charge in [0.2, 0.25) is 0 Å². The Morgan fingerprint density at radius 2 is 1.88 bits per heavy atom. The Hall–Kier alpha value is -2.24. The Morgan fingerprint density at radius 3 is 2.50 bits per heavy atom. The summed E-state index contributed by atoms with van der Waals surface area (Å²) < 4.78 is 5.54. The number of hydrogen-bond acceptors (Lipinski definition) is 4. The molecule has 0 saturated carbocycles. The summed E-state index contributed by atoms with van der Waals surface area (Å²) in [7, 11) is 1.53. The molecule has 0 radical (unpaired) electrons. The minimum Gasteiger partial charge on any atom is -0.507 e. The second-order valence-electron chi connectivity index (χ2n) is 5.64. The molecule has 1 heterocycles. The lowest BCUT2D eigenvalue weighted by atomic mass is 10.0. The predicted octanol–water partition coefficient (Wildman–Crippen LogP) is 4.00. The molecule has 1 aliphatic rings. The molecule has 0 bridgehead atoms. The second-order valence-corrected chi connectivity index (χ2v) is 6.05. The summed E-state index contributed by atoms with van der Waals surface area (Å²) in [6.45, 7) is 1.97. The largest absolute Gasteiger partial charge is 0.507 e. The first-order chi connectivity index (χ1) is 11.5. The fourth-order valence-corrected chi connectivity index (χ4v) is 3.46. The minimum absolute atomic E-state index is 0.00914. The molecule has 0 aromatic heterocycles. The third-order valence-electron chi connectivity index (χ3n) is 4.37. The molecule has 0 aliphatic carbocycles. The first-order valence-electron chi connectivity index (χ1n) is 7.66. The standard InChI is InChI=1S/C18H18ClNO4/c1-3-13-10-6-4-5-7-11(10)18(24-2)20(13)17(23)15-14(21)9-8-12(19)16(15)22/h4-9,13,18,21-22H,3H2,1-2H3. The molecular formula is C18H18ClNO4. The monoisotopic (exact) mass is 347 g/mol. The third kappa shape index (κ3) is 2.41. The summed E-state index contributed by atoms with van der Waals surface area (Å²) in [5.74, 6) is -1.27. The number of benzene rings is 2. The van der Waals surface area contributed by atoms with E-state index in [9.17, 15) is 15.0 Å². The van der Waals surface area contributed by atoms with Crippen LogP contribution < -0.4 is 0 Å². The number of nitrogens with zero attached hydrogens (tertiary/aromatic N) is 1. The fourth-order valence-electron chi connectivity index (χ4n) is 3.30. The highest BCUT2D eigenvalue weighted by Crippen LogP contribution is 2.46. The number of rotatable bonds is 3. The summed E-state index contributed by atoms with van der Waals surface area (Å²) in [5.41, 5.74) is 1.69. The van der Waals surface area contributed by atoms with Crippen molar-refractivity contribution in [2.75, 3.05) is 7.11 Å². The number of halogens is 1. The van der Waals surface area contributed by atoms with Crippen molar-refractivity contribution in [3.05, 3.63) is 58.1 Å². The van der Waals surface area contributed by atoms with E-state index in [0.29, 0.717) is 6.42 Å². The van der Waals surface area contributed by atoms with E-state index < -0.39 is 17.9 Å². The van der Waals surface area contributed by atoms with Crippen molar-refractivity contribution in [1.29, 1.82) is 0 Å². The van der Waals surface area contributed by atoms with Crippen molar-refractivity contribution >= 4 is 17.5 Å². The molecule has 0 fully saturated rings. The van der Waals surface area contributed by atoms with Gasteiger partial charge in [0, 0.05) is 12.7 Å². The van der Waals surface area contributed by atoms with E-state index in [-0.39, 0.29) is 22.4 Å². The van der Waals surface area contributed by atoms with Crippen LogP contribution in [-0.2, 0) is 4.74 Å². The third-order valence-corrected chi connectivity index (χ3v) is 4.68. The van der Waals surface area contributed by atoms with E-state index in [2.05, 4.69) is 0 Å². The van der Waals surface area contributed by atoms with Gasteiger partial charge in [0.1, 0.15) is 11.3 Å². The Bertz CT molecular complexity index is 762. The molecule has 24 heavy (non-hydrogen) atoms. The van der Waals surface area contributed by atoms with Crippen molar-refractivity contribution in [2.45, 2.75) is 25.6 Å². The van der Waals surface area contributed by atoms with Gasteiger partial charge >= 0.3 is 0 Å². The predicted molar refractivity (Wildman–Crippen MR) is 90.2 cm³/mol. The molecule has 3 rings (SSSR count). The zero-order valence-corrected chi connectivity index (χ0v) is 14.1. The molecule has 2 aromatic rings. The van der Waals surface area contributed by atoms with E-state index in [4.69, 9.17) is 16.3 Å². The van der Waals surface area contributed by atoms with Gasteiger partial charge in [0.25, 0.3) is 5.91 Å². The summed E-state index contributed by atoms with van der Waals surface area (Å²) >= 11 is 5.90. The molecule has 6 heteroatoms. The van der Waals surface area contributed by atoms with Gasteiger partial charge in [-0.1, -0.05) is 42.8 Å². The molecule has 126 valence electrons. The number of carbonyl (C=O) groups is 1. The molecule has 5 nitrogen and oxygen atoms in total. The van der Waals surface area contributed by atoms with E-state index in [0.717, 1.165) is 11.1 Å². The van der Waals surface area contributed by atoms with Gasteiger partial charge in [-0.2, -0.15) is 0 Å². The number of aromatic hydroxyl groups is 2. The zero-order valence-electron chi connectivity index (χ0n) is 13.4. The van der Waals surface area contributed by atoms with Crippen LogP contribution >= 0.6 is 11.6 Å². The summed E-state index contributed by atoms with van der Waals surface area (Å²) in [6.07, 6.45) is 0.0847. The highest BCUT2D eigenvalue weighted by molar-refractivity contribution is 6.32.